The zero-order valence-corrected chi connectivity index (χ0v) is 18.1. The van der Waals surface area contributed by atoms with E-state index in [1.807, 2.05) is 24.4 Å². The predicted octanol–water partition coefficient (Wildman–Crippen LogP) is 4.97. The standard InChI is InChI=1S/C23H29N3O2S/c1-23(2,3)29(27,28)26-19-11-9-16(10-12-19)21-15-18-8-7-17(14-22(18)25-21)20-6-4-5-13-24-20/h4-8,13-16,19,25-26H,9-12H2,1-3H3. The summed E-state index contributed by atoms with van der Waals surface area (Å²) in [6.45, 7) is 5.22. The molecule has 1 aliphatic carbocycles. The summed E-state index contributed by atoms with van der Waals surface area (Å²) in [6.07, 6.45) is 5.52. The van der Waals surface area contributed by atoms with Crippen molar-refractivity contribution in [1.82, 2.24) is 14.7 Å². The van der Waals surface area contributed by atoms with Crippen molar-refractivity contribution in [3.63, 3.8) is 0 Å². The fourth-order valence-electron chi connectivity index (χ4n) is 3.98. The zero-order chi connectivity index (χ0) is 20.6. The summed E-state index contributed by atoms with van der Waals surface area (Å²) in [5.41, 5.74) is 4.44. The molecule has 29 heavy (non-hydrogen) atoms. The number of aromatic nitrogens is 2. The Hall–Kier alpha value is -2.18. The summed E-state index contributed by atoms with van der Waals surface area (Å²) < 4.78 is 27.0. The van der Waals surface area contributed by atoms with Gasteiger partial charge in [0.05, 0.1) is 10.4 Å². The second-order valence-corrected chi connectivity index (χ2v) is 11.5. The van der Waals surface area contributed by atoms with Gasteiger partial charge in [-0.25, -0.2) is 13.1 Å². The van der Waals surface area contributed by atoms with Crippen LogP contribution in [0, 0.1) is 0 Å². The number of sulfonamides is 1. The Balaban J connectivity index is 1.46. The molecule has 0 bridgehead atoms. The third-order valence-corrected chi connectivity index (χ3v) is 8.15. The van der Waals surface area contributed by atoms with Gasteiger partial charge in [-0.2, -0.15) is 0 Å². The van der Waals surface area contributed by atoms with Gasteiger partial charge in [-0.1, -0.05) is 18.2 Å². The lowest BCUT2D eigenvalue weighted by atomic mass is 9.84. The molecule has 0 aliphatic heterocycles. The molecule has 1 aliphatic rings. The number of hydrogen-bond donors (Lipinski definition) is 2. The van der Waals surface area contributed by atoms with Gasteiger partial charge in [0.1, 0.15) is 0 Å². The molecule has 0 unspecified atom stereocenters. The first-order valence-electron chi connectivity index (χ1n) is 10.3. The van der Waals surface area contributed by atoms with Crippen LogP contribution in [0.3, 0.4) is 0 Å². The molecule has 2 aromatic heterocycles. The molecule has 0 atom stereocenters. The SMILES string of the molecule is CC(C)(C)S(=O)(=O)NC1CCC(c2cc3ccc(-c4ccccn4)cc3[nH]2)CC1. The van der Waals surface area contributed by atoms with Crippen LogP contribution in [0.4, 0.5) is 0 Å². The van der Waals surface area contributed by atoms with Crippen molar-refractivity contribution >= 4 is 20.9 Å². The average molecular weight is 412 g/mol. The number of pyridine rings is 1. The number of benzene rings is 1. The van der Waals surface area contributed by atoms with Crippen molar-refractivity contribution in [3.05, 3.63) is 54.4 Å². The molecule has 1 aromatic carbocycles. The van der Waals surface area contributed by atoms with Crippen molar-refractivity contribution in [3.8, 4) is 11.3 Å². The van der Waals surface area contributed by atoms with E-state index in [-0.39, 0.29) is 6.04 Å². The third kappa shape index (κ3) is 4.23. The fraction of sp³-hybridized carbons (Fsp3) is 0.435. The molecule has 3 aromatic rings. The lowest BCUT2D eigenvalue weighted by molar-refractivity contribution is 0.368. The zero-order valence-electron chi connectivity index (χ0n) is 17.3. The summed E-state index contributed by atoms with van der Waals surface area (Å²) in [5, 5.41) is 1.20. The lowest BCUT2D eigenvalue weighted by Crippen LogP contribution is -2.45. The van der Waals surface area contributed by atoms with Crippen LogP contribution in [0.1, 0.15) is 58.1 Å². The maximum Gasteiger partial charge on any atom is 0.216 e. The minimum absolute atomic E-state index is 0.0376. The molecule has 2 N–H and O–H groups in total. The highest BCUT2D eigenvalue weighted by atomic mass is 32.2. The summed E-state index contributed by atoms with van der Waals surface area (Å²) >= 11 is 0. The van der Waals surface area contributed by atoms with Gasteiger partial charge < -0.3 is 4.98 Å². The van der Waals surface area contributed by atoms with Crippen molar-refractivity contribution in [2.75, 3.05) is 0 Å². The highest BCUT2D eigenvalue weighted by Gasteiger charge is 2.33. The van der Waals surface area contributed by atoms with E-state index in [2.05, 4.69) is 39.0 Å². The monoisotopic (exact) mass is 411 g/mol. The van der Waals surface area contributed by atoms with Gasteiger partial charge in [0.25, 0.3) is 0 Å². The van der Waals surface area contributed by atoms with Crippen LogP contribution >= 0.6 is 0 Å². The molecule has 6 heteroatoms. The first-order chi connectivity index (χ1) is 13.7. The van der Waals surface area contributed by atoms with E-state index in [1.165, 1.54) is 11.1 Å². The molecule has 0 spiro atoms. The summed E-state index contributed by atoms with van der Waals surface area (Å²) in [6, 6.07) is 14.6. The predicted molar refractivity (Wildman–Crippen MR) is 118 cm³/mol. The molecular formula is C23H29N3O2S. The van der Waals surface area contributed by atoms with E-state index in [4.69, 9.17) is 0 Å². The van der Waals surface area contributed by atoms with Crippen LogP contribution in [0.25, 0.3) is 22.2 Å². The third-order valence-electron chi connectivity index (χ3n) is 5.90. The van der Waals surface area contributed by atoms with E-state index >= 15 is 0 Å². The lowest BCUT2D eigenvalue weighted by Gasteiger charge is -2.31. The van der Waals surface area contributed by atoms with Gasteiger partial charge in [-0.15, -0.1) is 0 Å². The highest BCUT2D eigenvalue weighted by Crippen LogP contribution is 2.35. The number of nitrogens with zero attached hydrogens (tertiary/aromatic N) is 1. The number of hydrogen-bond acceptors (Lipinski definition) is 3. The quantitative estimate of drug-likeness (QED) is 0.636. The Morgan fingerprint density at radius 1 is 1.03 bits per heavy atom. The first kappa shape index (κ1) is 20.1. The molecule has 5 nitrogen and oxygen atoms in total. The van der Waals surface area contributed by atoms with Gasteiger partial charge in [-0.05, 0) is 82.0 Å². The van der Waals surface area contributed by atoms with Crippen LogP contribution in [-0.2, 0) is 10.0 Å². The maximum absolute atomic E-state index is 12.4. The molecule has 1 fully saturated rings. The number of fused-ring (bicyclic) bond motifs is 1. The Morgan fingerprint density at radius 2 is 1.79 bits per heavy atom. The summed E-state index contributed by atoms with van der Waals surface area (Å²) in [7, 11) is -3.29. The number of rotatable bonds is 4. The van der Waals surface area contributed by atoms with E-state index in [1.54, 1.807) is 20.8 Å². The molecule has 1 saturated carbocycles. The molecule has 0 radical (unpaired) electrons. The molecule has 4 rings (SSSR count). The molecule has 154 valence electrons. The van der Waals surface area contributed by atoms with Gasteiger partial charge in [0.2, 0.25) is 10.0 Å². The van der Waals surface area contributed by atoms with Gasteiger partial charge in [0, 0.05) is 29.0 Å². The topological polar surface area (TPSA) is 74.8 Å². The second kappa shape index (κ2) is 7.58. The van der Waals surface area contributed by atoms with Crippen LogP contribution < -0.4 is 4.72 Å². The maximum atomic E-state index is 12.4. The van der Waals surface area contributed by atoms with Crippen molar-refractivity contribution in [2.24, 2.45) is 0 Å². The van der Waals surface area contributed by atoms with Crippen LogP contribution in [0.2, 0.25) is 0 Å². The summed E-state index contributed by atoms with van der Waals surface area (Å²) in [5.74, 6) is 0.441. The Labute approximate surface area is 173 Å². The van der Waals surface area contributed by atoms with E-state index in [0.29, 0.717) is 5.92 Å². The molecule has 0 saturated heterocycles. The Kier molecular flexibility index (Phi) is 5.25. The smallest absolute Gasteiger partial charge is 0.216 e. The molecular weight excluding hydrogens is 382 g/mol. The Morgan fingerprint density at radius 3 is 2.45 bits per heavy atom. The van der Waals surface area contributed by atoms with Crippen molar-refractivity contribution < 1.29 is 8.42 Å². The molecule has 2 heterocycles. The van der Waals surface area contributed by atoms with Crippen LogP contribution in [0.5, 0.6) is 0 Å². The first-order valence-corrected chi connectivity index (χ1v) is 11.8. The van der Waals surface area contributed by atoms with Crippen molar-refractivity contribution in [2.45, 2.75) is 63.2 Å². The highest BCUT2D eigenvalue weighted by molar-refractivity contribution is 7.90. The van der Waals surface area contributed by atoms with Crippen molar-refractivity contribution in [1.29, 1.82) is 0 Å². The number of H-pyrrole nitrogens is 1. The summed E-state index contributed by atoms with van der Waals surface area (Å²) in [4.78, 5) is 8.03. The van der Waals surface area contributed by atoms with E-state index in [9.17, 15) is 8.42 Å². The fourth-order valence-corrected chi connectivity index (χ4v) is 5.01. The second-order valence-electron chi connectivity index (χ2n) is 9.02. The van der Waals surface area contributed by atoms with Gasteiger partial charge in [-0.3, -0.25) is 4.98 Å². The molecule has 0 amide bonds. The van der Waals surface area contributed by atoms with E-state index in [0.717, 1.165) is 42.5 Å². The minimum atomic E-state index is -3.29. The van der Waals surface area contributed by atoms with Crippen LogP contribution in [-0.4, -0.2) is 29.2 Å². The minimum Gasteiger partial charge on any atom is -0.358 e. The van der Waals surface area contributed by atoms with Gasteiger partial charge >= 0.3 is 0 Å². The average Bonchev–Trinajstić information content (AvgIpc) is 3.11. The van der Waals surface area contributed by atoms with Gasteiger partial charge in [0.15, 0.2) is 0 Å². The van der Waals surface area contributed by atoms with Crippen LogP contribution in [0.15, 0.2) is 48.7 Å². The normalized spacial score (nSPS) is 20.8. The largest absolute Gasteiger partial charge is 0.358 e. The number of aromatic amines is 1. The van der Waals surface area contributed by atoms with E-state index < -0.39 is 14.8 Å². The number of nitrogens with one attached hydrogen (secondary N) is 2. The Bertz CT molecular complexity index is 1090.